The molecule has 8 nitrogen and oxygen atoms in total. The van der Waals surface area contributed by atoms with Gasteiger partial charge in [0.1, 0.15) is 16.9 Å². The fraction of sp³-hybridized carbons (Fsp3) is 0.297. The van der Waals surface area contributed by atoms with Crippen molar-refractivity contribution in [3.8, 4) is 11.5 Å². The molecule has 0 saturated carbocycles. The number of halogens is 6. The molecule has 0 amide bonds. The number of phenols is 1. The minimum Gasteiger partial charge on any atom is -0.507 e. The van der Waals surface area contributed by atoms with Gasteiger partial charge >= 0.3 is 18.3 Å². The number of phenolic OH excluding ortho intramolecular Hbond substituents is 1. The number of carbonyl (C=O) groups excluding carboxylic acids is 2. The SMILES string of the molecule is COC(=O)c1oc2c(c(=O)c1[C@H](/C=C/C=C\CCOc1ccc(C(C)=O)c(O)c1CCC(F)(F)F)[C@@H](O)c1cccc(C(F)(F)F)c1)=CCC(=S)C=2. The lowest BCUT2D eigenvalue weighted by molar-refractivity contribution is -0.137. The van der Waals surface area contributed by atoms with Gasteiger partial charge in [-0.05, 0) is 55.7 Å². The monoisotopic (exact) mass is 750 g/mol. The summed E-state index contributed by atoms with van der Waals surface area (Å²) in [4.78, 5) is 39.0. The number of ether oxygens (including phenoxy) is 2. The number of thiocarbonyl (C=S) groups is 1. The number of hydrogen-bond acceptors (Lipinski definition) is 9. The highest BCUT2D eigenvalue weighted by Gasteiger charge is 2.34. The maximum absolute atomic E-state index is 13.9. The highest BCUT2D eigenvalue weighted by molar-refractivity contribution is 7.81. The first-order chi connectivity index (χ1) is 24.4. The Labute approximate surface area is 298 Å². The number of fused-ring (bicyclic) bond motifs is 1. The summed E-state index contributed by atoms with van der Waals surface area (Å²) in [5.41, 5.74) is -2.74. The molecule has 0 radical (unpaired) electrons. The minimum atomic E-state index is -4.75. The molecule has 1 aliphatic rings. The van der Waals surface area contributed by atoms with E-state index in [1.54, 1.807) is 6.08 Å². The molecule has 1 aliphatic carbocycles. The standard InChI is InChI=1S/C37H32F6O8S/c1-20(44)24-13-14-28(26(32(24)46)15-16-36(38,39)40)50-17-6-4-3-5-10-27(31(45)21-8-7-9-22(18-21)37(41,42)43)30-33(47)25-12-11-23(52)19-29(25)51-34(30)35(48)49-2/h3-5,7-10,12-14,18-19,27,31,45-46H,6,11,15-17H2,1-2H3/b4-3-,10-5+/t27-,31-/m0/s1. The number of hydrogen-bond donors (Lipinski definition) is 2. The van der Waals surface area contributed by atoms with Crippen molar-refractivity contribution in [1.82, 2.24) is 0 Å². The van der Waals surface area contributed by atoms with Crippen molar-refractivity contribution in [2.75, 3.05) is 13.7 Å². The summed E-state index contributed by atoms with van der Waals surface area (Å²) in [5.74, 6) is -4.31. The summed E-state index contributed by atoms with van der Waals surface area (Å²) in [6.07, 6.45) is -4.09. The van der Waals surface area contributed by atoms with E-state index in [9.17, 15) is 50.9 Å². The third kappa shape index (κ3) is 9.64. The number of aromatic hydroxyl groups is 1. The van der Waals surface area contributed by atoms with Gasteiger partial charge in [0.15, 0.2) is 11.2 Å². The molecule has 276 valence electrons. The molecule has 0 bridgehead atoms. The van der Waals surface area contributed by atoms with Crippen LogP contribution in [0.25, 0.3) is 12.2 Å². The van der Waals surface area contributed by atoms with Crippen LogP contribution < -0.4 is 20.8 Å². The number of methoxy groups -OCH3 is 1. The average molecular weight is 751 g/mol. The zero-order chi connectivity index (χ0) is 38.4. The molecule has 4 rings (SSSR count). The molecular formula is C37H32F6O8S. The number of aliphatic hydroxyl groups excluding tert-OH is 1. The number of benzene rings is 2. The van der Waals surface area contributed by atoms with Crippen LogP contribution in [0, 0.1) is 0 Å². The smallest absolute Gasteiger partial charge is 0.416 e. The molecule has 0 fully saturated rings. The summed E-state index contributed by atoms with van der Waals surface area (Å²) in [7, 11) is 1.03. The summed E-state index contributed by atoms with van der Waals surface area (Å²) >= 11 is 5.19. The Balaban J connectivity index is 1.66. The summed E-state index contributed by atoms with van der Waals surface area (Å²) < 4.78 is 95.7. The Morgan fingerprint density at radius 1 is 1.10 bits per heavy atom. The van der Waals surface area contributed by atoms with Crippen molar-refractivity contribution in [3.05, 3.63) is 115 Å². The molecule has 15 heteroatoms. The fourth-order valence-corrected chi connectivity index (χ4v) is 5.63. The summed E-state index contributed by atoms with van der Waals surface area (Å²) in [6, 6.07) is 6.38. The van der Waals surface area contributed by atoms with E-state index in [0.717, 1.165) is 32.2 Å². The molecule has 2 aromatic carbocycles. The number of allylic oxidation sites excluding steroid dienone is 2. The van der Waals surface area contributed by atoms with E-state index < -0.39 is 71.5 Å². The summed E-state index contributed by atoms with van der Waals surface area (Å²) in [6.45, 7) is 1.07. The Bertz CT molecular complexity index is 2100. The Hall–Kier alpha value is -5.02. The van der Waals surface area contributed by atoms with E-state index >= 15 is 0 Å². The highest BCUT2D eigenvalue weighted by Crippen LogP contribution is 2.37. The molecule has 0 aliphatic heterocycles. The van der Waals surface area contributed by atoms with Crippen LogP contribution in [0.15, 0.2) is 69.9 Å². The lowest BCUT2D eigenvalue weighted by atomic mass is 9.86. The van der Waals surface area contributed by atoms with Crippen molar-refractivity contribution in [2.24, 2.45) is 0 Å². The van der Waals surface area contributed by atoms with Crippen molar-refractivity contribution in [2.45, 2.75) is 57.0 Å². The Kier molecular flexibility index (Phi) is 12.7. The van der Waals surface area contributed by atoms with Crippen LogP contribution in [0.2, 0.25) is 0 Å². The van der Waals surface area contributed by atoms with E-state index in [1.165, 1.54) is 48.6 Å². The van der Waals surface area contributed by atoms with Crippen LogP contribution in [0.4, 0.5) is 26.3 Å². The van der Waals surface area contributed by atoms with Gasteiger partial charge in [-0.25, -0.2) is 4.79 Å². The van der Waals surface area contributed by atoms with Gasteiger partial charge in [0.25, 0.3) is 0 Å². The molecule has 0 saturated heterocycles. The van der Waals surface area contributed by atoms with Gasteiger partial charge in [0, 0.05) is 29.2 Å². The molecule has 1 heterocycles. The topological polar surface area (TPSA) is 123 Å². The lowest BCUT2D eigenvalue weighted by Crippen LogP contribution is -2.45. The van der Waals surface area contributed by atoms with E-state index in [-0.39, 0.29) is 58.1 Å². The van der Waals surface area contributed by atoms with E-state index in [1.807, 2.05) is 0 Å². The van der Waals surface area contributed by atoms with Gasteiger partial charge in [0.2, 0.25) is 5.76 Å². The van der Waals surface area contributed by atoms with Gasteiger partial charge in [-0.1, -0.05) is 54.7 Å². The van der Waals surface area contributed by atoms with Crippen LogP contribution in [-0.2, 0) is 17.3 Å². The van der Waals surface area contributed by atoms with Gasteiger partial charge in [-0.3, -0.25) is 9.59 Å². The fourth-order valence-electron chi connectivity index (χ4n) is 5.44. The first-order valence-corrected chi connectivity index (χ1v) is 16.1. The molecule has 0 unspecified atom stereocenters. The molecule has 2 atom stereocenters. The number of Topliss-reactive ketones (excluding diaryl/α,β-unsaturated/α-hetero) is 1. The van der Waals surface area contributed by atoms with E-state index in [2.05, 4.69) is 0 Å². The molecule has 3 aromatic rings. The maximum atomic E-state index is 13.9. The van der Waals surface area contributed by atoms with Crippen LogP contribution >= 0.6 is 12.2 Å². The molecule has 0 spiro atoms. The quantitative estimate of drug-likeness (QED) is 0.0498. The van der Waals surface area contributed by atoms with Gasteiger partial charge in [0.05, 0.1) is 41.7 Å². The normalized spacial score (nSPS) is 14.4. The third-order valence-corrected chi connectivity index (χ3v) is 8.28. The lowest BCUT2D eigenvalue weighted by Gasteiger charge is -2.22. The predicted molar refractivity (Wildman–Crippen MR) is 182 cm³/mol. The van der Waals surface area contributed by atoms with Crippen LogP contribution in [-0.4, -0.2) is 46.7 Å². The number of ketones is 1. The number of alkyl halides is 6. The van der Waals surface area contributed by atoms with Crippen LogP contribution in [0.5, 0.6) is 11.5 Å². The van der Waals surface area contributed by atoms with E-state index in [4.69, 9.17) is 26.1 Å². The van der Waals surface area contributed by atoms with Gasteiger partial charge in [-0.2, -0.15) is 26.3 Å². The molecular weight excluding hydrogens is 718 g/mol. The molecule has 2 N–H and O–H groups in total. The first kappa shape index (κ1) is 39.8. The number of carbonyl (C=O) groups is 2. The van der Waals surface area contributed by atoms with Gasteiger partial charge < -0.3 is 24.1 Å². The second-order valence-electron chi connectivity index (χ2n) is 11.6. The number of aliphatic hydroxyl groups is 1. The Morgan fingerprint density at radius 3 is 2.48 bits per heavy atom. The average Bonchev–Trinajstić information content (AvgIpc) is 3.07. The number of esters is 1. The summed E-state index contributed by atoms with van der Waals surface area (Å²) in [5, 5.41) is 22.0. The third-order valence-electron chi connectivity index (χ3n) is 8.00. The van der Waals surface area contributed by atoms with Crippen LogP contribution in [0.3, 0.4) is 0 Å². The molecule has 1 aromatic heterocycles. The molecule has 52 heavy (non-hydrogen) atoms. The highest BCUT2D eigenvalue weighted by atomic mass is 32.1. The zero-order valence-corrected chi connectivity index (χ0v) is 28.5. The van der Waals surface area contributed by atoms with Gasteiger partial charge in [-0.15, -0.1) is 0 Å². The number of rotatable bonds is 13. The largest absolute Gasteiger partial charge is 0.507 e. The second-order valence-corrected chi connectivity index (χ2v) is 12.1. The Morgan fingerprint density at radius 2 is 1.83 bits per heavy atom. The maximum Gasteiger partial charge on any atom is 0.416 e. The minimum absolute atomic E-state index is 0.0209. The zero-order valence-electron chi connectivity index (χ0n) is 27.6. The van der Waals surface area contributed by atoms with Crippen molar-refractivity contribution in [3.63, 3.8) is 0 Å². The predicted octanol–water partition coefficient (Wildman–Crippen LogP) is 6.58. The van der Waals surface area contributed by atoms with Crippen molar-refractivity contribution < 1.29 is 60.0 Å². The first-order valence-electron chi connectivity index (χ1n) is 15.7. The second kappa shape index (κ2) is 16.5. The van der Waals surface area contributed by atoms with E-state index in [0.29, 0.717) is 4.86 Å². The van der Waals surface area contributed by atoms with Crippen LogP contribution in [0.1, 0.15) is 81.4 Å². The van der Waals surface area contributed by atoms with Crippen molar-refractivity contribution in [1.29, 1.82) is 0 Å². The van der Waals surface area contributed by atoms with Crippen molar-refractivity contribution >= 4 is 41.0 Å².